The molecule has 3 nitrogen and oxygen atoms in total. The Morgan fingerprint density at radius 2 is 2.16 bits per heavy atom. The number of aromatic nitrogens is 1. The van der Waals surface area contributed by atoms with Crippen molar-refractivity contribution in [3.8, 4) is 0 Å². The Morgan fingerprint density at radius 3 is 2.74 bits per heavy atom. The highest BCUT2D eigenvalue weighted by molar-refractivity contribution is 9.09. The first-order chi connectivity index (χ1) is 8.95. The average molecular weight is 342 g/mol. The molecule has 0 aliphatic heterocycles. The minimum atomic E-state index is 0.0390. The number of halogens is 1. The molecule has 0 aromatic carbocycles. The number of nitrogens with zero attached hydrogens (tertiary/aromatic N) is 1. The number of aryl methyl sites for hydroxylation is 1. The van der Waals surface area contributed by atoms with Crippen molar-refractivity contribution < 1.29 is 4.42 Å². The first-order valence-electron chi connectivity index (χ1n) is 6.17. The van der Waals surface area contributed by atoms with Crippen molar-refractivity contribution in [2.45, 2.75) is 37.6 Å². The van der Waals surface area contributed by atoms with Crippen molar-refractivity contribution in [3.63, 3.8) is 0 Å². The highest BCUT2D eigenvalue weighted by Crippen LogP contribution is 2.31. The van der Waals surface area contributed by atoms with Gasteiger partial charge in [-0.05, 0) is 32.6 Å². The number of fused-ring (bicyclic) bond motifs is 1. The molecule has 2 aromatic heterocycles. The van der Waals surface area contributed by atoms with Gasteiger partial charge in [-0.15, -0.1) is 0 Å². The SMILES string of the molecule is CCSc1oc2c(C(C)Br)nc(C)cc2c(=O)c1C. The van der Waals surface area contributed by atoms with Crippen molar-refractivity contribution >= 4 is 38.7 Å². The van der Waals surface area contributed by atoms with Gasteiger partial charge in [0, 0.05) is 11.3 Å². The molecule has 0 saturated heterocycles. The number of hydrogen-bond acceptors (Lipinski definition) is 4. The van der Waals surface area contributed by atoms with Crippen LogP contribution in [0.5, 0.6) is 0 Å². The topological polar surface area (TPSA) is 43.1 Å². The van der Waals surface area contributed by atoms with Gasteiger partial charge in [0.25, 0.3) is 0 Å². The lowest BCUT2D eigenvalue weighted by Crippen LogP contribution is -2.09. The van der Waals surface area contributed by atoms with Crippen LogP contribution in [0.15, 0.2) is 20.4 Å². The van der Waals surface area contributed by atoms with Gasteiger partial charge in [0.15, 0.2) is 16.1 Å². The van der Waals surface area contributed by atoms with E-state index in [1.165, 1.54) is 0 Å². The molecule has 2 aromatic rings. The maximum absolute atomic E-state index is 12.4. The highest BCUT2D eigenvalue weighted by atomic mass is 79.9. The van der Waals surface area contributed by atoms with Crippen LogP contribution in [0.25, 0.3) is 11.0 Å². The zero-order valence-corrected chi connectivity index (χ0v) is 13.8. The van der Waals surface area contributed by atoms with Crippen molar-refractivity contribution in [3.05, 3.63) is 33.2 Å². The summed E-state index contributed by atoms with van der Waals surface area (Å²) in [6.07, 6.45) is 0. The van der Waals surface area contributed by atoms with Gasteiger partial charge in [0.2, 0.25) is 0 Å². The summed E-state index contributed by atoms with van der Waals surface area (Å²) in [6, 6.07) is 1.80. The third-order valence-electron chi connectivity index (χ3n) is 2.87. The second kappa shape index (κ2) is 5.67. The Kier molecular flexibility index (Phi) is 4.36. The zero-order chi connectivity index (χ0) is 14.2. The lowest BCUT2D eigenvalue weighted by molar-refractivity contribution is 0.487. The minimum absolute atomic E-state index is 0.0390. The fourth-order valence-corrected chi connectivity index (χ4v) is 2.99. The summed E-state index contributed by atoms with van der Waals surface area (Å²) in [4.78, 5) is 17.0. The molecule has 0 bridgehead atoms. The number of rotatable bonds is 3. The Morgan fingerprint density at radius 1 is 1.47 bits per heavy atom. The molecule has 0 amide bonds. The van der Waals surface area contributed by atoms with Gasteiger partial charge >= 0.3 is 0 Å². The molecule has 0 aliphatic rings. The fraction of sp³-hybridized carbons (Fsp3) is 0.429. The molecule has 0 fully saturated rings. The summed E-state index contributed by atoms with van der Waals surface area (Å²) in [5.74, 6) is 0.869. The molecule has 2 rings (SSSR count). The van der Waals surface area contributed by atoms with E-state index in [2.05, 4.69) is 20.9 Å². The van der Waals surface area contributed by atoms with E-state index in [0.29, 0.717) is 21.6 Å². The quantitative estimate of drug-likeness (QED) is 0.614. The van der Waals surface area contributed by atoms with Crippen molar-refractivity contribution in [2.24, 2.45) is 0 Å². The normalized spacial score (nSPS) is 12.9. The second-order valence-corrected chi connectivity index (χ2v) is 7.03. The molecule has 19 heavy (non-hydrogen) atoms. The van der Waals surface area contributed by atoms with Gasteiger partial charge in [-0.2, -0.15) is 0 Å². The Balaban J connectivity index is 2.88. The van der Waals surface area contributed by atoms with Crippen LogP contribution in [0, 0.1) is 13.8 Å². The van der Waals surface area contributed by atoms with E-state index < -0.39 is 0 Å². The number of pyridine rings is 1. The fourth-order valence-electron chi connectivity index (χ4n) is 1.96. The maximum atomic E-state index is 12.4. The predicted octanol–water partition coefficient (Wildman–Crippen LogP) is 4.37. The third kappa shape index (κ3) is 2.72. The van der Waals surface area contributed by atoms with Crippen LogP contribution in [0.1, 0.15) is 35.6 Å². The van der Waals surface area contributed by atoms with Crippen LogP contribution in [0.4, 0.5) is 0 Å². The van der Waals surface area contributed by atoms with Crippen LogP contribution >= 0.6 is 27.7 Å². The lowest BCUT2D eigenvalue weighted by atomic mass is 10.1. The summed E-state index contributed by atoms with van der Waals surface area (Å²) < 4.78 is 5.93. The van der Waals surface area contributed by atoms with E-state index >= 15 is 0 Å². The van der Waals surface area contributed by atoms with Crippen molar-refractivity contribution in [1.29, 1.82) is 0 Å². The molecule has 0 saturated carbocycles. The van der Waals surface area contributed by atoms with E-state index in [0.717, 1.165) is 17.1 Å². The summed E-state index contributed by atoms with van der Waals surface area (Å²) in [5, 5.41) is 1.31. The summed E-state index contributed by atoms with van der Waals surface area (Å²) in [5.41, 5.74) is 2.93. The Hall–Kier alpha value is -0.810. The maximum Gasteiger partial charge on any atom is 0.196 e. The molecule has 1 atom stereocenters. The molecule has 0 radical (unpaired) electrons. The summed E-state index contributed by atoms with van der Waals surface area (Å²) in [7, 11) is 0. The first-order valence-corrected chi connectivity index (χ1v) is 8.07. The van der Waals surface area contributed by atoms with Gasteiger partial charge in [-0.3, -0.25) is 9.78 Å². The molecule has 102 valence electrons. The molecule has 2 heterocycles. The molecule has 0 aliphatic carbocycles. The monoisotopic (exact) mass is 341 g/mol. The number of thioether (sulfide) groups is 1. The molecular weight excluding hydrogens is 326 g/mol. The van der Waals surface area contributed by atoms with Crippen LogP contribution in [0.2, 0.25) is 0 Å². The van der Waals surface area contributed by atoms with E-state index in [4.69, 9.17) is 4.42 Å². The van der Waals surface area contributed by atoms with Crippen LogP contribution in [0.3, 0.4) is 0 Å². The van der Waals surface area contributed by atoms with Gasteiger partial charge in [0.1, 0.15) is 0 Å². The molecule has 0 N–H and O–H groups in total. The Bertz CT molecular complexity index is 679. The summed E-state index contributed by atoms with van der Waals surface area (Å²) in [6.45, 7) is 7.72. The van der Waals surface area contributed by atoms with Crippen LogP contribution in [-0.4, -0.2) is 10.7 Å². The minimum Gasteiger partial charge on any atom is -0.447 e. The zero-order valence-electron chi connectivity index (χ0n) is 11.4. The highest BCUT2D eigenvalue weighted by Gasteiger charge is 2.17. The van der Waals surface area contributed by atoms with E-state index in [-0.39, 0.29) is 10.3 Å². The first kappa shape index (κ1) is 14.6. The molecule has 5 heteroatoms. The van der Waals surface area contributed by atoms with Crippen molar-refractivity contribution in [1.82, 2.24) is 4.98 Å². The molecule has 1 unspecified atom stereocenters. The van der Waals surface area contributed by atoms with Crippen LogP contribution in [-0.2, 0) is 0 Å². The van der Waals surface area contributed by atoms with Gasteiger partial charge < -0.3 is 4.42 Å². The van der Waals surface area contributed by atoms with Crippen molar-refractivity contribution in [2.75, 3.05) is 5.75 Å². The predicted molar refractivity (Wildman–Crippen MR) is 83.5 cm³/mol. The van der Waals surface area contributed by atoms with E-state index in [1.807, 2.05) is 27.7 Å². The number of hydrogen-bond donors (Lipinski definition) is 0. The third-order valence-corrected chi connectivity index (χ3v) is 4.24. The second-order valence-electron chi connectivity index (χ2n) is 4.42. The number of alkyl halides is 1. The van der Waals surface area contributed by atoms with Gasteiger partial charge in [-0.1, -0.05) is 34.6 Å². The van der Waals surface area contributed by atoms with Crippen LogP contribution < -0.4 is 5.43 Å². The molecular formula is C14H16BrNO2S. The lowest BCUT2D eigenvalue weighted by Gasteiger charge is -2.11. The van der Waals surface area contributed by atoms with E-state index in [1.54, 1.807) is 17.8 Å². The van der Waals surface area contributed by atoms with Gasteiger partial charge in [-0.25, -0.2) is 0 Å². The standard InChI is InChI=1S/C14H16BrNO2S/c1-5-19-14-8(3)12(17)10-6-7(2)16-11(9(4)15)13(10)18-14/h6,9H,5H2,1-4H3. The molecule has 0 spiro atoms. The van der Waals surface area contributed by atoms with E-state index in [9.17, 15) is 4.79 Å². The largest absolute Gasteiger partial charge is 0.447 e. The average Bonchev–Trinajstić information content (AvgIpc) is 2.36. The summed E-state index contributed by atoms with van der Waals surface area (Å²) >= 11 is 5.06. The Labute approximate surface area is 124 Å². The smallest absolute Gasteiger partial charge is 0.196 e. The van der Waals surface area contributed by atoms with Gasteiger partial charge in [0.05, 0.1) is 15.9 Å².